The molecule has 6 nitrogen and oxygen atoms in total. The second-order valence-corrected chi connectivity index (χ2v) is 5.67. The molecule has 0 aliphatic carbocycles. The Labute approximate surface area is 122 Å². The van der Waals surface area contributed by atoms with Crippen molar-refractivity contribution >= 4 is 12.4 Å². The van der Waals surface area contributed by atoms with Crippen molar-refractivity contribution in [2.75, 3.05) is 13.1 Å². The number of carbonyl (C=O) groups is 2. The predicted octanol–water partition coefficient (Wildman–Crippen LogP) is 1.38. The molecule has 1 saturated heterocycles. The van der Waals surface area contributed by atoms with E-state index in [2.05, 4.69) is 17.0 Å². The highest BCUT2D eigenvalue weighted by Crippen LogP contribution is 2.11. The van der Waals surface area contributed by atoms with Crippen LogP contribution >= 0.6 is 0 Å². The van der Waals surface area contributed by atoms with E-state index in [-0.39, 0.29) is 5.60 Å². The fraction of sp³-hybridized carbons (Fsp3) is 0.857. The number of hydrogen-bond donors (Lipinski definition) is 3. The third-order valence-electron chi connectivity index (χ3n) is 2.59. The fourth-order valence-electron chi connectivity index (χ4n) is 1.53. The molecule has 1 heterocycles. The lowest BCUT2D eigenvalue weighted by molar-refractivity contribution is -0.138. The largest absolute Gasteiger partial charge is 0.481 e. The van der Waals surface area contributed by atoms with Crippen LogP contribution in [0.5, 0.6) is 0 Å². The van der Waals surface area contributed by atoms with Gasteiger partial charge in [-0.25, -0.2) is 0 Å². The van der Waals surface area contributed by atoms with Gasteiger partial charge in [-0.05, 0) is 46.2 Å². The molecule has 0 aromatic heterocycles. The van der Waals surface area contributed by atoms with Gasteiger partial charge in [0, 0.05) is 13.0 Å². The Morgan fingerprint density at radius 3 is 2.20 bits per heavy atom. The summed E-state index contributed by atoms with van der Waals surface area (Å²) in [4.78, 5) is 18.6. The Morgan fingerprint density at radius 2 is 2.00 bits per heavy atom. The van der Waals surface area contributed by atoms with Crippen LogP contribution in [-0.2, 0) is 14.3 Å². The number of carbonyl (C=O) groups excluding carboxylic acids is 1. The highest BCUT2D eigenvalue weighted by molar-refractivity contribution is 5.62. The van der Waals surface area contributed by atoms with Crippen LogP contribution in [0, 0.1) is 5.92 Å². The minimum absolute atomic E-state index is 0.318. The highest BCUT2D eigenvalue weighted by Gasteiger charge is 2.18. The number of rotatable bonds is 2. The predicted molar refractivity (Wildman–Crippen MR) is 79.5 cm³/mol. The van der Waals surface area contributed by atoms with E-state index in [1.54, 1.807) is 0 Å². The SMILES string of the molecule is CC(=O)O.CC(C)(C)OC=O.CCC1CNCCC1N. The van der Waals surface area contributed by atoms with E-state index in [0.29, 0.717) is 12.5 Å². The van der Waals surface area contributed by atoms with Gasteiger partial charge in [0.05, 0.1) is 0 Å². The van der Waals surface area contributed by atoms with Crippen LogP contribution in [0.1, 0.15) is 47.5 Å². The van der Waals surface area contributed by atoms with E-state index in [1.807, 2.05) is 20.8 Å². The second-order valence-electron chi connectivity index (χ2n) is 5.67. The molecule has 0 bridgehead atoms. The number of piperidine rings is 1. The van der Waals surface area contributed by atoms with Gasteiger partial charge >= 0.3 is 0 Å². The molecular formula is C14H30N2O4. The number of hydrogen-bond acceptors (Lipinski definition) is 5. The molecule has 0 aromatic carbocycles. The van der Waals surface area contributed by atoms with Gasteiger partial charge in [-0.15, -0.1) is 0 Å². The summed E-state index contributed by atoms with van der Waals surface area (Å²) in [6, 6.07) is 0.455. The normalized spacial score (nSPS) is 21.5. The van der Waals surface area contributed by atoms with Crippen LogP contribution in [0.3, 0.4) is 0 Å². The summed E-state index contributed by atoms with van der Waals surface area (Å²) in [5, 5.41) is 10.8. The van der Waals surface area contributed by atoms with Gasteiger partial charge in [0.2, 0.25) is 0 Å². The smallest absolute Gasteiger partial charge is 0.300 e. The Balaban J connectivity index is 0. The Hall–Kier alpha value is -1.14. The number of nitrogens with two attached hydrogens (primary N) is 1. The van der Waals surface area contributed by atoms with Crippen LogP contribution < -0.4 is 11.1 Å². The molecule has 2 unspecified atom stereocenters. The van der Waals surface area contributed by atoms with Crippen LogP contribution in [-0.4, -0.2) is 42.3 Å². The van der Waals surface area contributed by atoms with Gasteiger partial charge in [0.15, 0.2) is 0 Å². The van der Waals surface area contributed by atoms with Gasteiger partial charge in [-0.2, -0.15) is 0 Å². The van der Waals surface area contributed by atoms with Gasteiger partial charge in [0.1, 0.15) is 5.60 Å². The summed E-state index contributed by atoms with van der Waals surface area (Å²) in [5.41, 5.74) is 5.53. The van der Waals surface area contributed by atoms with E-state index in [1.165, 1.54) is 6.42 Å². The van der Waals surface area contributed by atoms with Crippen molar-refractivity contribution < 1.29 is 19.4 Å². The summed E-state index contributed by atoms with van der Waals surface area (Å²) in [7, 11) is 0. The van der Waals surface area contributed by atoms with Crippen molar-refractivity contribution in [1.29, 1.82) is 0 Å². The van der Waals surface area contributed by atoms with Gasteiger partial charge < -0.3 is 20.9 Å². The molecule has 2 atom stereocenters. The number of nitrogens with one attached hydrogen (secondary N) is 1. The number of carboxylic acid groups (broad SMARTS) is 1. The van der Waals surface area contributed by atoms with Gasteiger partial charge in [0.25, 0.3) is 12.4 Å². The van der Waals surface area contributed by atoms with Crippen molar-refractivity contribution in [3.05, 3.63) is 0 Å². The topological polar surface area (TPSA) is 102 Å². The zero-order valence-corrected chi connectivity index (χ0v) is 13.3. The molecule has 1 aliphatic rings. The first-order valence-electron chi connectivity index (χ1n) is 6.91. The standard InChI is InChI=1S/C7H16N2.C5H10O2.C2H4O2/c1-2-6-5-9-4-3-7(6)8;1-5(2,3)7-4-6;1-2(3)4/h6-7,9H,2-5,8H2,1H3;4H,1-3H3;1H3,(H,3,4). The number of carboxylic acids is 1. The Kier molecular flexibility index (Phi) is 12.3. The van der Waals surface area contributed by atoms with E-state index < -0.39 is 5.97 Å². The lowest BCUT2D eigenvalue weighted by atomic mass is 9.92. The van der Waals surface area contributed by atoms with Crippen LogP contribution in [0.25, 0.3) is 0 Å². The molecule has 6 heteroatoms. The van der Waals surface area contributed by atoms with E-state index in [4.69, 9.17) is 15.6 Å². The molecule has 120 valence electrons. The molecule has 1 rings (SSSR count). The molecule has 20 heavy (non-hydrogen) atoms. The van der Waals surface area contributed by atoms with Crippen LogP contribution in [0.4, 0.5) is 0 Å². The maximum absolute atomic E-state index is 9.60. The van der Waals surface area contributed by atoms with E-state index in [0.717, 1.165) is 32.4 Å². The maximum Gasteiger partial charge on any atom is 0.300 e. The Bertz CT molecular complexity index is 260. The maximum atomic E-state index is 9.60. The monoisotopic (exact) mass is 290 g/mol. The van der Waals surface area contributed by atoms with Crippen molar-refractivity contribution in [3.63, 3.8) is 0 Å². The first-order valence-corrected chi connectivity index (χ1v) is 6.91. The highest BCUT2D eigenvalue weighted by atomic mass is 16.5. The minimum Gasteiger partial charge on any atom is -0.481 e. The van der Waals surface area contributed by atoms with Crippen molar-refractivity contribution in [2.24, 2.45) is 11.7 Å². The van der Waals surface area contributed by atoms with Crippen molar-refractivity contribution in [1.82, 2.24) is 5.32 Å². The first kappa shape index (κ1) is 21.2. The lowest BCUT2D eigenvalue weighted by Crippen LogP contribution is -2.44. The van der Waals surface area contributed by atoms with Gasteiger partial charge in [-0.3, -0.25) is 9.59 Å². The first-order chi connectivity index (χ1) is 9.14. The molecule has 1 aliphatic heterocycles. The second kappa shape index (κ2) is 11.7. The minimum atomic E-state index is -0.833. The molecule has 0 aromatic rings. The number of ether oxygens (including phenoxy) is 1. The lowest BCUT2D eigenvalue weighted by Gasteiger charge is -2.28. The molecule has 0 amide bonds. The fourth-order valence-corrected chi connectivity index (χ4v) is 1.53. The molecule has 0 radical (unpaired) electrons. The third-order valence-corrected chi connectivity index (χ3v) is 2.59. The summed E-state index contributed by atoms with van der Waals surface area (Å²) in [5.74, 6) is -0.112. The zero-order valence-electron chi connectivity index (χ0n) is 13.3. The summed E-state index contributed by atoms with van der Waals surface area (Å²) >= 11 is 0. The van der Waals surface area contributed by atoms with Crippen molar-refractivity contribution in [2.45, 2.75) is 59.1 Å². The summed E-state index contributed by atoms with van der Waals surface area (Å²) in [6.45, 7) is 11.4. The quantitative estimate of drug-likeness (QED) is 0.664. The summed E-state index contributed by atoms with van der Waals surface area (Å²) in [6.07, 6.45) is 2.37. The Morgan fingerprint density at radius 1 is 1.50 bits per heavy atom. The number of aliphatic carboxylic acids is 1. The molecule has 0 spiro atoms. The van der Waals surface area contributed by atoms with Crippen LogP contribution in [0.15, 0.2) is 0 Å². The van der Waals surface area contributed by atoms with E-state index >= 15 is 0 Å². The molecule has 4 N–H and O–H groups in total. The molecule has 1 fully saturated rings. The zero-order chi connectivity index (χ0) is 16.2. The summed E-state index contributed by atoms with van der Waals surface area (Å²) < 4.78 is 4.55. The molecule has 0 saturated carbocycles. The van der Waals surface area contributed by atoms with Gasteiger partial charge in [-0.1, -0.05) is 13.3 Å². The molecular weight excluding hydrogens is 260 g/mol. The van der Waals surface area contributed by atoms with Crippen LogP contribution in [0.2, 0.25) is 0 Å². The van der Waals surface area contributed by atoms with E-state index in [9.17, 15) is 4.79 Å². The third kappa shape index (κ3) is 16.9. The average Bonchev–Trinajstić information content (AvgIpc) is 2.28. The average molecular weight is 290 g/mol. The van der Waals surface area contributed by atoms with Crippen molar-refractivity contribution in [3.8, 4) is 0 Å².